The first-order valence-electron chi connectivity index (χ1n) is 10.5. The van der Waals surface area contributed by atoms with E-state index in [0.717, 1.165) is 22.4 Å². The van der Waals surface area contributed by atoms with Crippen molar-refractivity contribution in [3.63, 3.8) is 0 Å². The molecule has 1 spiro atoms. The molecule has 0 aliphatic carbocycles. The van der Waals surface area contributed by atoms with Gasteiger partial charge in [0, 0.05) is 18.2 Å². The minimum atomic E-state index is -0.924. The van der Waals surface area contributed by atoms with E-state index >= 15 is 0 Å². The Kier molecular flexibility index (Phi) is 4.31. The molecule has 0 bridgehead atoms. The Bertz CT molecular complexity index is 1270. The van der Waals surface area contributed by atoms with Crippen LogP contribution in [0.25, 0.3) is 17.2 Å². The van der Waals surface area contributed by atoms with E-state index in [9.17, 15) is 10.1 Å². The van der Waals surface area contributed by atoms with Gasteiger partial charge in [-0.2, -0.15) is 0 Å². The molecule has 0 radical (unpaired) electrons. The van der Waals surface area contributed by atoms with Crippen LogP contribution in [0.15, 0.2) is 66.7 Å². The third kappa shape index (κ3) is 2.59. The van der Waals surface area contributed by atoms with E-state index in [1.54, 1.807) is 6.07 Å². The van der Waals surface area contributed by atoms with E-state index < -0.39 is 16.1 Å². The van der Waals surface area contributed by atoms with E-state index in [0.29, 0.717) is 11.3 Å². The number of likely N-dealkylation sites (N-methyl/N-ethyl adjacent to an activating group) is 1. The summed E-state index contributed by atoms with van der Waals surface area (Å²) < 4.78 is 11.9. The third-order valence-corrected chi connectivity index (χ3v) is 6.77. The Balaban J connectivity index is 1.71. The number of anilines is 1. The molecule has 0 saturated heterocycles. The van der Waals surface area contributed by atoms with Gasteiger partial charge in [0.15, 0.2) is 0 Å². The van der Waals surface area contributed by atoms with Crippen LogP contribution in [0.2, 0.25) is 0 Å². The van der Waals surface area contributed by atoms with Crippen LogP contribution in [0.3, 0.4) is 0 Å². The standard InChI is InChI=1S/C26H24N2O4/c1-25(2)21-12-8-11-20(17-9-6-5-7-10-17)23(21)27(3)26(25)14-13-18-15-19(31-4)16-22(28(29)30)24(18)32-26/h5-16H,1-4H3. The van der Waals surface area contributed by atoms with E-state index in [2.05, 4.69) is 49.1 Å². The first-order chi connectivity index (χ1) is 15.3. The lowest BCUT2D eigenvalue weighted by Gasteiger charge is -2.45. The lowest BCUT2D eigenvalue weighted by molar-refractivity contribution is -0.386. The van der Waals surface area contributed by atoms with Gasteiger partial charge < -0.3 is 14.4 Å². The monoisotopic (exact) mass is 428 g/mol. The molecule has 162 valence electrons. The molecule has 3 aromatic rings. The second kappa shape index (κ2) is 6.85. The zero-order chi connectivity index (χ0) is 22.7. The summed E-state index contributed by atoms with van der Waals surface area (Å²) in [5.41, 5.74) is 3.52. The number of methoxy groups -OCH3 is 1. The van der Waals surface area contributed by atoms with E-state index in [4.69, 9.17) is 9.47 Å². The van der Waals surface area contributed by atoms with Gasteiger partial charge in [-0.1, -0.05) is 48.5 Å². The first-order valence-corrected chi connectivity index (χ1v) is 10.5. The van der Waals surface area contributed by atoms with Crippen LogP contribution in [0, 0.1) is 10.1 Å². The summed E-state index contributed by atoms with van der Waals surface area (Å²) >= 11 is 0. The number of para-hydroxylation sites is 1. The number of fused-ring (bicyclic) bond motifs is 2. The third-order valence-electron chi connectivity index (χ3n) is 6.77. The zero-order valence-corrected chi connectivity index (χ0v) is 18.5. The summed E-state index contributed by atoms with van der Waals surface area (Å²) in [7, 11) is 3.49. The minimum absolute atomic E-state index is 0.105. The molecule has 6 nitrogen and oxygen atoms in total. The molecular weight excluding hydrogens is 404 g/mol. The molecule has 0 amide bonds. The molecule has 0 N–H and O–H groups in total. The Labute approximate surface area is 186 Å². The SMILES string of the molecule is COc1cc2c(c([N+](=O)[O-])c1)OC1(C=C2)N(C)c2c(-c3ccccc3)cccc2C1(C)C. The van der Waals surface area contributed by atoms with Gasteiger partial charge in [-0.3, -0.25) is 10.1 Å². The zero-order valence-electron chi connectivity index (χ0n) is 18.5. The highest BCUT2D eigenvalue weighted by Gasteiger charge is 2.59. The highest BCUT2D eigenvalue weighted by molar-refractivity contribution is 5.86. The number of nitro groups is 1. The van der Waals surface area contributed by atoms with Crippen molar-refractivity contribution < 1.29 is 14.4 Å². The maximum atomic E-state index is 11.9. The summed E-state index contributed by atoms with van der Waals surface area (Å²) in [5, 5.41) is 11.9. The second-order valence-corrected chi connectivity index (χ2v) is 8.71. The maximum absolute atomic E-state index is 11.9. The number of nitrogens with zero attached hydrogens (tertiary/aromatic N) is 2. The van der Waals surface area contributed by atoms with Crippen molar-refractivity contribution in [2.45, 2.75) is 25.0 Å². The topological polar surface area (TPSA) is 64.8 Å². The van der Waals surface area contributed by atoms with Gasteiger partial charge in [-0.15, -0.1) is 0 Å². The molecule has 0 aromatic heterocycles. The quantitative estimate of drug-likeness (QED) is 0.390. The van der Waals surface area contributed by atoms with Crippen LogP contribution in [-0.2, 0) is 5.41 Å². The fourth-order valence-electron chi connectivity index (χ4n) is 5.04. The molecule has 1 unspecified atom stereocenters. The summed E-state index contributed by atoms with van der Waals surface area (Å²) in [6.07, 6.45) is 3.91. The summed E-state index contributed by atoms with van der Waals surface area (Å²) in [4.78, 5) is 13.6. The lowest BCUT2D eigenvalue weighted by Crippen LogP contribution is -2.58. The van der Waals surface area contributed by atoms with Crippen LogP contribution in [0.5, 0.6) is 11.5 Å². The van der Waals surface area contributed by atoms with Gasteiger partial charge in [0.1, 0.15) is 5.75 Å². The molecule has 1 atom stereocenters. The molecular formula is C26H24N2O4. The van der Waals surface area contributed by atoms with Gasteiger partial charge in [0.25, 0.3) is 0 Å². The number of rotatable bonds is 3. The molecule has 5 rings (SSSR count). The fourth-order valence-corrected chi connectivity index (χ4v) is 5.04. The highest BCUT2D eigenvalue weighted by Crippen LogP contribution is 2.57. The van der Waals surface area contributed by atoms with Crippen molar-refractivity contribution in [2.24, 2.45) is 0 Å². The molecule has 0 fully saturated rings. The van der Waals surface area contributed by atoms with E-state index in [-0.39, 0.29) is 11.4 Å². The van der Waals surface area contributed by atoms with Crippen molar-refractivity contribution in [2.75, 3.05) is 19.1 Å². The summed E-state index contributed by atoms with van der Waals surface area (Å²) in [6.45, 7) is 4.24. The lowest BCUT2D eigenvalue weighted by atomic mass is 9.76. The maximum Gasteiger partial charge on any atom is 0.315 e. The largest absolute Gasteiger partial charge is 0.496 e. The van der Waals surface area contributed by atoms with Crippen molar-refractivity contribution >= 4 is 17.5 Å². The predicted molar refractivity (Wildman–Crippen MR) is 125 cm³/mol. The molecule has 32 heavy (non-hydrogen) atoms. The van der Waals surface area contributed by atoms with Crippen molar-refractivity contribution in [3.05, 3.63) is 88.0 Å². The van der Waals surface area contributed by atoms with Gasteiger partial charge >= 0.3 is 5.69 Å². The first kappa shape index (κ1) is 20.1. The highest BCUT2D eigenvalue weighted by atomic mass is 16.6. The van der Waals surface area contributed by atoms with Crippen LogP contribution in [-0.4, -0.2) is 24.8 Å². The van der Waals surface area contributed by atoms with Crippen LogP contribution in [0.4, 0.5) is 11.4 Å². The van der Waals surface area contributed by atoms with Crippen molar-refractivity contribution in [1.29, 1.82) is 0 Å². The van der Waals surface area contributed by atoms with Gasteiger partial charge in [0.2, 0.25) is 11.5 Å². The number of hydrogen-bond donors (Lipinski definition) is 0. The molecule has 2 aliphatic heterocycles. The average Bonchev–Trinajstić information content (AvgIpc) is 2.97. The fraction of sp³-hybridized carbons (Fsp3) is 0.231. The Hall–Kier alpha value is -3.80. The van der Waals surface area contributed by atoms with Crippen molar-refractivity contribution in [1.82, 2.24) is 0 Å². The summed E-state index contributed by atoms with van der Waals surface area (Å²) in [6, 6.07) is 19.7. The van der Waals surface area contributed by atoms with Gasteiger partial charge in [-0.05, 0) is 43.2 Å². The number of hydrogen-bond acceptors (Lipinski definition) is 5. The van der Waals surface area contributed by atoms with E-state index in [1.807, 2.05) is 37.4 Å². The van der Waals surface area contributed by atoms with E-state index in [1.165, 1.54) is 13.2 Å². The number of benzene rings is 3. The Morgan fingerprint density at radius 3 is 2.50 bits per heavy atom. The minimum Gasteiger partial charge on any atom is -0.496 e. The molecule has 2 heterocycles. The Morgan fingerprint density at radius 1 is 1.06 bits per heavy atom. The van der Waals surface area contributed by atoms with Crippen LogP contribution in [0.1, 0.15) is 25.0 Å². The molecule has 6 heteroatoms. The molecule has 3 aromatic carbocycles. The smallest absolute Gasteiger partial charge is 0.315 e. The number of ether oxygens (including phenoxy) is 2. The Morgan fingerprint density at radius 2 is 1.81 bits per heavy atom. The normalized spacial score (nSPS) is 19.9. The number of nitro benzene ring substituents is 1. The average molecular weight is 428 g/mol. The molecule has 0 saturated carbocycles. The van der Waals surface area contributed by atoms with Crippen LogP contribution >= 0.6 is 0 Å². The van der Waals surface area contributed by atoms with Crippen LogP contribution < -0.4 is 14.4 Å². The van der Waals surface area contributed by atoms with Gasteiger partial charge in [-0.25, -0.2) is 0 Å². The predicted octanol–water partition coefficient (Wildman–Crippen LogP) is 5.80. The summed E-state index contributed by atoms with van der Waals surface area (Å²) in [5.74, 6) is 0.681. The van der Waals surface area contributed by atoms with Crippen molar-refractivity contribution in [3.8, 4) is 22.6 Å². The van der Waals surface area contributed by atoms with Gasteiger partial charge in [0.05, 0.1) is 29.2 Å². The molecule has 2 aliphatic rings. The second-order valence-electron chi connectivity index (χ2n) is 8.71.